The van der Waals surface area contributed by atoms with Crippen LogP contribution >= 0.6 is 0 Å². The van der Waals surface area contributed by atoms with Gasteiger partial charge in [0.1, 0.15) is 0 Å². The first-order chi connectivity index (χ1) is 0. The predicted molar refractivity (Wildman–Crippen MR) is 18.5 cm³/mol. The Bertz CT molecular complexity index is 7.51. The van der Waals surface area contributed by atoms with E-state index in [9.17, 15) is 0 Å². The van der Waals surface area contributed by atoms with Crippen molar-refractivity contribution in [3.63, 3.8) is 0 Å². The average molecular weight is 146 g/mol. The van der Waals surface area contributed by atoms with Gasteiger partial charge >= 0.3 is 0 Å². The van der Waals surface area contributed by atoms with Crippen molar-refractivity contribution in [1.29, 1.82) is 0 Å². The number of hydrogen-bond acceptors (Lipinski definition) is 1. The molecule has 6 heavy (non-hydrogen) atoms. The Morgan fingerprint density at radius 1 is 0.667 bits per heavy atom. The van der Waals surface area contributed by atoms with Crippen LogP contribution in [0.2, 0.25) is 0 Å². The Morgan fingerprint density at radius 3 is 0.667 bits per heavy atom. The van der Waals surface area contributed by atoms with Gasteiger partial charge in [-0.2, -0.15) is 0 Å². The molecular weight excluding hydrogens is 139 g/mol. The van der Waals surface area contributed by atoms with Crippen LogP contribution in [0.5, 0.6) is 0 Å². The van der Waals surface area contributed by atoms with E-state index in [1.807, 2.05) is 0 Å². The van der Waals surface area contributed by atoms with Gasteiger partial charge in [0, 0.05) is 41.6 Å². The third-order valence-electron chi connectivity index (χ3n) is 0. The van der Waals surface area contributed by atoms with E-state index >= 15 is 0 Å². The maximum absolute atomic E-state index is 0. The van der Waals surface area contributed by atoms with Crippen molar-refractivity contribution in [2.45, 2.75) is 0 Å². The van der Waals surface area contributed by atoms with Crippen LogP contribution in [0.15, 0.2) is 0 Å². The predicted octanol–water partition coefficient (Wildman–Crippen LogP) is -3.03. The van der Waals surface area contributed by atoms with Crippen LogP contribution in [0.1, 0.15) is 0 Å². The van der Waals surface area contributed by atoms with Gasteiger partial charge in [-0.3, -0.25) is 0 Å². The van der Waals surface area contributed by atoms with Gasteiger partial charge in [-0.1, -0.05) is 0 Å². The first-order valence-corrected chi connectivity index (χ1v) is 0. The average Bonchev–Trinajstić information content (AvgIpc) is 0. The summed E-state index contributed by atoms with van der Waals surface area (Å²) in [6, 6.07) is 0. The van der Waals surface area contributed by atoms with Crippen LogP contribution in [0.25, 0.3) is 0 Å². The fourth-order valence-corrected chi connectivity index (χ4v) is 0. The summed E-state index contributed by atoms with van der Waals surface area (Å²) in [7, 11) is 0. The van der Waals surface area contributed by atoms with Crippen LogP contribution in [-0.4, -0.2) is 45.0 Å². The zero-order valence-corrected chi connectivity index (χ0v) is 5.91. The normalized spacial score (nSPS) is 0. The van der Waals surface area contributed by atoms with Gasteiger partial charge in [0.25, 0.3) is 0 Å². The van der Waals surface area contributed by atoms with E-state index < -0.39 is 0 Å². The molecule has 0 rings (SSSR count). The molecule has 0 saturated heterocycles. The van der Waals surface area contributed by atoms with Gasteiger partial charge in [-0.25, -0.2) is 0 Å². The molecular formula is H7MgO4V-. The molecule has 0 heterocycles. The summed E-state index contributed by atoms with van der Waals surface area (Å²) in [4.78, 5) is 0. The van der Waals surface area contributed by atoms with E-state index in [1.165, 1.54) is 0 Å². The molecule has 0 spiro atoms. The van der Waals surface area contributed by atoms with Crippen LogP contribution < -0.4 is 0 Å². The Kier molecular flexibility index (Phi) is 3810. The fourth-order valence-electron chi connectivity index (χ4n) is 0. The zero-order valence-electron chi connectivity index (χ0n) is 3.10. The Morgan fingerprint density at radius 2 is 0.667 bits per heavy atom. The third kappa shape index (κ3) is 64.3. The minimum atomic E-state index is 0. The van der Waals surface area contributed by atoms with Crippen LogP contribution in [0.4, 0.5) is 0 Å². The largest absolute Gasteiger partial charge is 0.870 e. The maximum Gasteiger partial charge on any atom is 0 e. The molecule has 0 atom stereocenters. The van der Waals surface area contributed by atoms with Crippen molar-refractivity contribution in [1.82, 2.24) is 0 Å². The summed E-state index contributed by atoms with van der Waals surface area (Å²) < 4.78 is 0. The van der Waals surface area contributed by atoms with Gasteiger partial charge < -0.3 is 21.9 Å². The standard InChI is InChI=1S/Mg.4H2O.V/h;4*1H2;/p-1. The van der Waals surface area contributed by atoms with Crippen LogP contribution in [0.3, 0.4) is 0 Å². The van der Waals surface area contributed by atoms with Crippen molar-refractivity contribution in [2.75, 3.05) is 0 Å². The number of rotatable bonds is 0. The molecule has 0 aliphatic rings. The summed E-state index contributed by atoms with van der Waals surface area (Å²) in [6.45, 7) is 0. The minimum Gasteiger partial charge on any atom is -0.870 e. The van der Waals surface area contributed by atoms with Crippen LogP contribution in [0, 0.1) is 0 Å². The van der Waals surface area contributed by atoms with E-state index in [0.717, 1.165) is 0 Å². The van der Waals surface area contributed by atoms with Gasteiger partial charge in [0.2, 0.25) is 0 Å². The zero-order chi connectivity index (χ0) is 0. The van der Waals surface area contributed by atoms with Crippen LogP contribution in [-0.2, 0) is 18.6 Å². The molecule has 4 nitrogen and oxygen atoms in total. The molecule has 0 aromatic carbocycles. The van der Waals surface area contributed by atoms with E-state index in [1.54, 1.807) is 0 Å². The molecule has 39 valence electrons. The summed E-state index contributed by atoms with van der Waals surface area (Å²) in [5.74, 6) is 0. The summed E-state index contributed by atoms with van der Waals surface area (Å²) >= 11 is 0. The Labute approximate surface area is 63.6 Å². The second kappa shape index (κ2) is 118. The molecule has 6 heteroatoms. The first-order valence-electron chi connectivity index (χ1n) is 0. The van der Waals surface area contributed by atoms with E-state index in [0.29, 0.717) is 0 Å². The maximum atomic E-state index is 0. The molecule has 3 radical (unpaired) electrons. The van der Waals surface area contributed by atoms with Crippen molar-refractivity contribution in [2.24, 2.45) is 0 Å². The summed E-state index contributed by atoms with van der Waals surface area (Å²) in [6.07, 6.45) is 0. The van der Waals surface area contributed by atoms with Crippen molar-refractivity contribution < 1.29 is 40.5 Å². The molecule has 0 aromatic rings. The van der Waals surface area contributed by atoms with Gasteiger partial charge in [0.05, 0.1) is 0 Å². The second-order valence-electron chi connectivity index (χ2n) is 0. The smallest absolute Gasteiger partial charge is 0 e. The van der Waals surface area contributed by atoms with E-state index in [4.69, 9.17) is 0 Å². The second-order valence-corrected chi connectivity index (χ2v) is 0. The third-order valence-corrected chi connectivity index (χ3v) is 0. The van der Waals surface area contributed by atoms with E-state index in [-0.39, 0.29) is 63.5 Å². The summed E-state index contributed by atoms with van der Waals surface area (Å²) in [5, 5.41) is 0. The molecule has 0 amide bonds. The van der Waals surface area contributed by atoms with Gasteiger partial charge in [0.15, 0.2) is 0 Å². The quantitative estimate of drug-likeness (QED) is 0.331. The Hall–Kier alpha value is 1.19. The molecule has 0 fully saturated rings. The SMILES string of the molecule is O.O.O.[Mg].[OH-].[V]. The number of hydrogen-bond donors (Lipinski definition) is 0. The molecule has 0 aliphatic carbocycles. The molecule has 7 N–H and O–H groups in total. The van der Waals surface area contributed by atoms with Crippen molar-refractivity contribution in [3.8, 4) is 0 Å². The topological polar surface area (TPSA) is 124 Å². The fraction of sp³-hybridized carbons (Fsp3) is 0. The molecule has 0 unspecified atom stereocenters. The van der Waals surface area contributed by atoms with Crippen molar-refractivity contribution >= 4 is 23.1 Å². The monoisotopic (exact) mass is 146 g/mol. The molecule has 0 aliphatic heterocycles. The summed E-state index contributed by atoms with van der Waals surface area (Å²) in [5.41, 5.74) is 0. The van der Waals surface area contributed by atoms with Gasteiger partial charge in [-0.05, 0) is 0 Å². The van der Waals surface area contributed by atoms with E-state index in [2.05, 4.69) is 0 Å². The van der Waals surface area contributed by atoms with Crippen molar-refractivity contribution in [3.05, 3.63) is 0 Å². The van der Waals surface area contributed by atoms with Gasteiger partial charge in [-0.15, -0.1) is 0 Å². The molecule has 0 bridgehead atoms. The minimum absolute atomic E-state index is 0. The first kappa shape index (κ1) is 194. The molecule has 0 aromatic heterocycles. The Balaban J connectivity index is 0. The molecule has 0 saturated carbocycles.